The molecule has 178 valence electrons. The molecule has 0 bridgehead atoms. The van der Waals surface area contributed by atoms with Crippen LogP contribution in [0.25, 0.3) is 5.57 Å². The number of cyclic esters (lactones) is 1. The number of carbonyl (C=O) groups is 3. The third kappa shape index (κ3) is 3.16. The van der Waals surface area contributed by atoms with E-state index in [0.717, 1.165) is 34.5 Å². The van der Waals surface area contributed by atoms with Crippen LogP contribution in [0.15, 0.2) is 35.2 Å². The van der Waals surface area contributed by atoms with Crippen molar-refractivity contribution in [3.8, 4) is 0 Å². The Morgan fingerprint density at radius 2 is 2.00 bits per heavy atom. The maximum atomic E-state index is 13.5. The molecular formula is C27H29NO6. The maximum absolute atomic E-state index is 13.5. The van der Waals surface area contributed by atoms with Crippen LogP contribution >= 0.6 is 0 Å². The summed E-state index contributed by atoms with van der Waals surface area (Å²) in [7, 11) is 1.37. The van der Waals surface area contributed by atoms with Gasteiger partial charge in [0.15, 0.2) is 5.78 Å². The summed E-state index contributed by atoms with van der Waals surface area (Å²) in [6.07, 6.45) is 5.84. The fourth-order valence-corrected chi connectivity index (χ4v) is 6.17. The van der Waals surface area contributed by atoms with Gasteiger partial charge in [0.1, 0.15) is 6.10 Å². The second-order valence-electron chi connectivity index (χ2n) is 10.5. The van der Waals surface area contributed by atoms with Gasteiger partial charge in [0.2, 0.25) is 0 Å². The number of nitrogens with zero attached hydrogens (tertiary/aromatic N) is 1. The Bertz CT molecular complexity index is 1220. The Balaban J connectivity index is 1.64. The Labute approximate surface area is 198 Å². The number of hydrogen-bond acceptors (Lipinski definition) is 7. The van der Waals surface area contributed by atoms with Gasteiger partial charge in [0.05, 0.1) is 25.3 Å². The van der Waals surface area contributed by atoms with Crippen LogP contribution in [0.3, 0.4) is 0 Å². The van der Waals surface area contributed by atoms with E-state index < -0.39 is 22.9 Å². The minimum absolute atomic E-state index is 0.0313. The van der Waals surface area contributed by atoms with E-state index in [9.17, 15) is 14.4 Å². The zero-order valence-corrected chi connectivity index (χ0v) is 20.1. The second kappa shape index (κ2) is 7.65. The van der Waals surface area contributed by atoms with E-state index in [4.69, 9.17) is 18.9 Å². The molecule has 0 amide bonds. The molecule has 2 aromatic rings. The van der Waals surface area contributed by atoms with E-state index in [1.54, 1.807) is 18.6 Å². The predicted octanol–water partition coefficient (Wildman–Crippen LogP) is 4.60. The Morgan fingerprint density at radius 3 is 2.68 bits per heavy atom. The second-order valence-corrected chi connectivity index (χ2v) is 10.5. The first-order chi connectivity index (χ1) is 16.1. The average molecular weight is 464 g/mol. The first-order valence-electron chi connectivity index (χ1n) is 11.7. The first kappa shape index (κ1) is 22.6. The number of aromatic nitrogens is 1. The molecule has 4 atom stereocenters. The number of fused-ring (bicyclic) bond motifs is 4. The van der Waals surface area contributed by atoms with Crippen molar-refractivity contribution in [2.24, 2.45) is 17.3 Å². The van der Waals surface area contributed by atoms with Gasteiger partial charge in [-0.2, -0.15) is 0 Å². The van der Waals surface area contributed by atoms with Crippen molar-refractivity contribution in [3.63, 3.8) is 0 Å². The highest BCUT2D eigenvalue weighted by molar-refractivity contribution is 6.03. The third-order valence-corrected chi connectivity index (χ3v) is 8.24. The highest BCUT2D eigenvalue weighted by atomic mass is 16.5. The number of pyridine rings is 1. The molecule has 34 heavy (non-hydrogen) atoms. The van der Waals surface area contributed by atoms with Gasteiger partial charge in [-0.25, -0.2) is 4.79 Å². The van der Waals surface area contributed by atoms with Gasteiger partial charge in [-0.05, 0) is 36.5 Å². The molecule has 5 rings (SSSR count). The van der Waals surface area contributed by atoms with Gasteiger partial charge in [-0.15, -0.1) is 0 Å². The summed E-state index contributed by atoms with van der Waals surface area (Å²) in [5.74, 6) is -1.35. The van der Waals surface area contributed by atoms with Gasteiger partial charge < -0.3 is 13.9 Å². The number of hydrogen-bond donors (Lipinski definition) is 0. The topological polar surface area (TPSA) is 95.7 Å². The lowest BCUT2D eigenvalue weighted by molar-refractivity contribution is -0.150. The molecule has 0 radical (unpaired) electrons. The van der Waals surface area contributed by atoms with Gasteiger partial charge in [0.25, 0.3) is 0 Å². The number of Topliss-reactive ketones (excluding diaryl/α,β-unsaturated/α-hetero) is 1. The minimum Gasteiger partial charge on any atom is -0.472 e. The molecule has 7 nitrogen and oxygen atoms in total. The summed E-state index contributed by atoms with van der Waals surface area (Å²) in [4.78, 5) is 43.2. The molecular weight excluding hydrogens is 434 g/mol. The predicted molar refractivity (Wildman–Crippen MR) is 123 cm³/mol. The zero-order chi connectivity index (χ0) is 24.4. The lowest BCUT2D eigenvalue weighted by Gasteiger charge is -2.46. The minimum atomic E-state index is -0.494. The van der Waals surface area contributed by atoms with Crippen molar-refractivity contribution in [1.29, 1.82) is 0 Å². The Morgan fingerprint density at radius 1 is 1.24 bits per heavy atom. The molecule has 3 aliphatic rings. The number of carbonyl (C=O) groups excluding carboxylic acids is 3. The largest absolute Gasteiger partial charge is 0.472 e. The number of ketones is 1. The Hall–Kier alpha value is -3.22. The molecule has 2 aliphatic carbocycles. The lowest BCUT2D eigenvalue weighted by atomic mass is 9.60. The molecule has 0 unspecified atom stereocenters. The number of methoxy groups -OCH3 is 1. The van der Waals surface area contributed by atoms with E-state index in [1.165, 1.54) is 7.11 Å². The summed E-state index contributed by atoms with van der Waals surface area (Å²) in [5, 5.41) is 0. The normalized spacial score (nSPS) is 29.3. The Kier molecular flexibility index (Phi) is 5.08. The fourth-order valence-electron chi connectivity index (χ4n) is 6.17. The van der Waals surface area contributed by atoms with E-state index in [0.29, 0.717) is 12.0 Å². The highest BCUT2D eigenvalue weighted by Crippen LogP contribution is 2.56. The molecule has 3 heterocycles. The van der Waals surface area contributed by atoms with E-state index >= 15 is 0 Å². The number of ether oxygens (including phenoxy) is 2. The van der Waals surface area contributed by atoms with E-state index in [-0.39, 0.29) is 30.0 Å². The van der Waals surface area contributed by atoms with Gasteiger partial charge in [0, 0.05) is 51.6 Å². The molecule has 7 heteroatoms. The summed E-state index contributed by atoms with van der Waals surface area (Å²) >= 11 is 0. The van der Waals surface area contributed by atoms with E-state index in [2.05, 4.69) is 6.92 Å². The van der Waals surface area contributed by atoms with Crippen molar-refractivity contribution < 1.29 is 28.3 Å². The molecule has 1 aliphatic heterocycles. The quantitative estimate of drug-likeness (QED) is 0.614. The zero-order valence-electron chi connectivity index (χ0n) is 20.1. The van der Waals surface area contributed by atoms with Crippen LogP contribution in [-0.4, -0.2) is 29.8 Å². The molecule has 2 aromatic heterocycles. The first-order valence-corrected chi connectivity index (χ1v) is 11.7. The fraction of sp³-hybridized carbons (Fsp3) is 0.481. The van der Waals surface area contributed by atoms with Gasteiger partial charge in [-0.3, -0.25) is 14.6 Å². The maximum Gasteiger partial charge on any atom is 0.331 e. The average Bonchev–Trinajstić information content (AvgIpc) is 3.34. The summed E-state index contributed by atoms with van der Waals surface area (Å²) in [5.41, 5.74) is 3.70. The van der Waals surface area contributed by atoms with Crippen LogP contribution in [0.5, 0.6) is 0 Å². The molecule has 0 saturated carbocycles. The van der Waals surface area contributed by atoms with Crippen molar-refractivity contribution >= 4 is 23.3 Å². The highest BCUT2D eigenvalue weighted by Gasteiger charge is 2.51. The van der Waals surface area contributed by atoms with Crippen LogP contribution in [-0.2, 0) is 30.9 Å². The summed E-state index contributed by atoms with van der Waals surface area (Å²) < 4.78 is 15.9. The monoisotopic (exact) mass is 463 g/mol. The van der Waals surface area contributed by atoms with Crippen LogP contribution < -0.4 is 0 Å². The van der Waals surface area contributed by atoms with E-state index in [1.807, 2.05) is 32.9 Å². The number of esters is 2. The smallest absolute Gasteiger partial charge is 0.331 e. The molecule has 0 aromatic carbocycles. The van der Waals surface area contributed by atoms with Crippen LogP contribution in [0.4, 0.5) is 0 Å². The van der Waals surface area contributed by atoms with Crippen LogP contribution in [0, 0.1) is 17.3 Å². The standard InChI is InChI=1S/C27H29NO6/c1-14-18(11-21(29)32-5)26(2,3)24-17(23(14)31)10-16-19-12-22(30)34-25(15-7-9-33-13-15)27(19,4)8-6-20(16)28-24/h7,9-10,12-14,18,25H,6,8,11H2,1-5H3/t14-,18-,25+,27-/m0/s1. The molecule has 0 fully saturated rings. The summed E-state index contributed by atoms with van der Waals surface area (Å²) in [6, 6.07) is 3.74. The van der Waals surface area contributed by atoms with Gasteiger partial charge >= 0.3 is 11.9 Å². The van der Waals surface area contributed by atoms with Crippen LogP contribution in [0.1, 0.15) is 79.5 Å². The van der Waals surface area contributed by atoms with Crippen molar-refractivity contribution in [1.82, 2.24) is 4.98 Å². The van der Waals surface area contributed by atoms with Crippen molar-refractivity contribution in [3.05, 3.63) is 58.8 Å². The molecule has 0 spiro atoms. The number of aryl methyl sites for hydroxylation is 1. The number of rotatable bonds is 3. The van der Waals surface area contributed by atoms with Crippen molar-refractivity contribution in [2.45, 2.75) is 58.5 Å². The van der Waals surface area contributed by atoms with Crippen molar-refractivity contribution in [2.75, 3.05) is 7.11 Å². The SMILES string of the molecule is COC(=O)C[C@H]1[C@H](C)C(=O)c2cc3c(nc2C1(C)C)CC[C@@]1(C)C3=CC(=O)O[C@@H]1c1ccoc1. The molecule has 0 N–H and O–H groups in total. The summed E-state index contributed by atoms with van der Waals surface area (Å²) in [6.45, 7) is 8.05. The molecule has 0 saturated heterocycles. The lowest BCUT2D eigenvalue weighted by Crippen LogP contribution is -2.45. The number of furan rings is 1. The third-order valence-electron chi connectivity index (χ3n) is 8.24. The van der Waals surface area contributed by atoms with Gasteiger partial charge in [-0.1, -0.05) is 27.7 Å². The van der Waals surface area contributed by atoms with Crippen LogP contribution in [0.2, 0.25) is 0 Å².